The highest BCUT2D eigenvalue weighted by molar-refractivity contribution is 5.25. The van der Waals surface area contributed by atoms with E-state index < -0.39 is 0 Å². The van der Waals surface area contributed by atoms with Crippen molar-refractivity contribution in [2.45, 2.75) is 89.6 Å². The average molecular weight is 326 g/mol. The zero-order valence-electron chi connectivity index (χ0n) is 15.7. The molecule has 0 amide bonds. The molecule has 1 unspecified atom stereocenters. The summed E-state index contributed by atoms with van der Waals surface area (Å²) in [6.45, 7) is 5.69. The van der Waals surface area contributed by atoms with Gasteiger partial charge in [-0.05, 0) is 86.2 Å². The summed E-state index contributed by atoms with van der Waals surface area (Å²) in [7, 11) is 0. The minimum Gasteiger partial charge on any atom is -0.307 e. The van der Waals surface area contributed by atoms with Crippen molar-refractivity contribution in [3.63, 3.8) is 0 Å². The second-order valence-electron chi connectivity index (χ2n) is 9.19. The van der Waals surface area contributed by atoms with Crippen LogP contribution in [0, 0.1) is 17.8 Å². The highest BCUT2D eigenvalue weighted by Crippen LogP contribution is 2.55. The van der Waals surface area contributed by atoms with Crippen LogP contribution in [0.2, 0.25) is 0 Å². The molecular weight excluding hydrogens is 290 g/mol. The Morgan fingerprint density at radius 2 is 1.54 bits per heavy atom. The van der Waals surface area contributed by atoms with Gasteiger partial charge in [0.25, 0.3) is 0 Å². The fraction of sp³-hybridized carbons (Fsp3) is 0.739. The summed E-state index contributed by atoms with van der Waals surface area (Å²) in [5, 5.41) is 4.03. The predicted octanol–water partition coefficient (Wildman–Crippen LogP) is 6.04. The van der Waals surface area contributed by atoms with Crippen molar-refractivity contribution >= 4 is 0 Å². The molecule has 1 aromatic carbocycles. The lowest BCUT2D eigenvalue weighted by Gasteiger charge is -2.57. The van der Waals surface area contributed by atoms with Crippen molar-refractivity contribution in [1.29, 1.82) is 0 Å². The normalized spacial score (nSPS) is 35.3. The molecule has 0 aliphatic heterocycles. The highest BCUT2D eigenvalue weighted by atomic mass is 15.0. The molecule has 4 saturated carbocycles. The second kappa shape index (κ2) is 6.83. The van der Waals surface area contributed by atoms with Crippen LogP contribution in [0.1, 0.15) is 88.7 Å². The number of benzene rings is 1. The van der Waals surface area contributed by atoms with E-state index >= 15 is 0 Å². The predicted molar refractivity (Wildman–Crippen MR) is 102 cm³/mol. The minimum atomic E-state index is 0.488. The zero-order valence-corrected chi connectivity index (χ0v) is 15.7. The minimum absolute atomic E-state index is 0.488. The first-order chi connectivity index (χ1) is 11.7. The first kappa shape index (κ1) is 16.6. The van der Waals surface area contributed by atoms with E-state index in [-0.39, 0.29) is 0 Å². The first-order valence-corrected chi connectivity index (χ1v) is 10.5. The molecule has 4 aliphatic rings. The van der Waals surface area contributed by atoms with E-state index in [0.29, 0.717) is 5.54 Å². The van der Waals surface area contributed by atoms with Gasteiger partial charge in [-0.25, -0.2) is 0 Å². The van der Waals surface area contributed by atoms with Gasteiger partial charge in [0, 0.05) is 12.1 Å². The summed E-state index contributed by atoms with van der Waals surface area (Å²) in [6, 6.07) is 9.53. The number of rotatable bonds is 7. The monoisotopic (exact) mass is 325 g/mol. The summed E-state index contributed by atoms with van der Waals surface area (Å²) >= 11 is 0. The van der Waals surface area contributed by atoms with Gasteiger partial charge < -0.3 is 5.32 Å². The van der Waals surface area contributed by atoms with Gasteiger partial charge in [0.2, 0.25) is 0 Å². The fourth-order valence-electron chi connectivity index (χ4n) is 6.48. The van der Waals surface area contributed by atoms with Crippen molar-refractivity contribution in [3.8, 4) is 0 Å². The Hall–Kier alpha value is -0.820. The van der Waals surface area contributed by atoms with E-state index in [1.807, 2.05) is 0 Å². The molecule has 4 fully saturated rings. The Kier molecular flexibility index (Phi) is 4.73. The Bertz CT molecular complexity index is 508. The molecule has 1 heteroatoms. The maximum atomic E-state index is 4.03. The third-order valence-electron chi connectivity index (χ3n) is 7.29. The lowest BCUT2D eigenvalue weighted by Crippen LogP contribution is -2.58. The molecule has 1 aromatic rings. The SMILES string of the molecule is CCCC(CC)c1ccc(CNC23CC4CC(CC(C4)C2)C3)cc1. The molecule has 0 saturated heterocycles. The fourth-order valence-corrected chi connectivity index (χ4v) is 6.48. The van der Waals surface area contributed by atoms with Crippen LogP contribution in [-0.4, -0.2) is 5.54 Å². The standard InChI is InChI=1S/C23H35N/c1-3-5-21(4-2)22-8-6-17(7-9-22)16-24-23-13-18-10-19(14-23)12-20(11-18)15-23/h6-9,18-21,24H,3-5,10-16H2,1-2H3. The quantitative estimate of drug-likeness (QED) is 0.644. The molecule has 4 aliphatic carbocycles. The van der Waals surface area contributed by atoms with Gasteiger partial charge in [0.1, 0.15) is 0 Å². The Labute approximate surface area is 148 Å². The Morgan fingerprint density at radius 1 is 0.958 bits per heavy atom. The Balaban J connectivity index is 1.38. The molecule has 24 heavy (non-hydrogen) atoms. The van der Waals surface area contributed by atoms with Crippen molar-refractivity contribution in [3.05, 3.63) is 35.4 Å². The molecule has 1 atom stereocenters. The van der Waals surface area contributed by atoms with Crippen LogP contribution in [-0.2, 0) is 6.54 Å². The number of hydrogen-bond donors (Lipinski definition) is 1. The molecule has 132 valence electrons. The molecular formula is C23H35N. The van der Waals surface area contributed by atoms with Gasteiger partial charge in [0.15, 0.2) is 0 Å². The van der Waals surface area contributed by atoms with Crippen LogP contribution in [0.4, 0.5) is 0 Å². The smallest absolute Gasteiger partial charge is 0.0210 e. The third kappa shape index (κ3) is 3.29. The van der Waals surface area contributed by atoms with E-state index in [0.717, 1.165) is 30.2 Å². The maximum absolute atomic E-state index is 4.03. The molecule has 1 N–H and O–H groups in total. The highest BCUT2D eigenvalue weighted by Gasteiger charge is 2.50. The van der Waals surface area contributed by atoms with Crippen LogP contribution in [0.3, 0.4) is 0 Å². The van der Waals surface area contributed by atoms with Gasteiger partial charge in [-0.2, -0.15) is 0 Å². The molecule has 0 radical (unpaired) electrons. The summed E-state index contributed by atoms with van der Waals surface area (Å²) < 4.78 is 0. The summed E-state index contributed by atoms with van der Waals surface area (Å²) in [5.41, 5.74) is 3.50. The molecule has 4 bridgehead atoms. The van der Waals surface area contributed by atoms with Crippen molar-refractivity contribution < 1.29 is 0 Å². The van der Waals surface area contributed by atoms with Crippen LogP contribution in [0.25, 0.3) is 0 Å². The van der Waals surface area contributed by atoms with E-state index in [2.05, 4.69) is 43.4 Å². The third-order valence-corrected chi connectivity index (χ3v) is 7.29. The van der Waals surface area contributed by atoms with Gasteiger partial charge in [-0.1, -0.05) is 44.5 Å². The largest absolute Gasteiger partial charge is 0.307 e. The van der Waals surface area contributed by atoms with E-state index in [1.165, 1.54) is 68.9 Å². The lowest BCUT2D eigenvalue weighted by molar-refractivity contribution is -0.0206. The molecule has 0 aromatic heterocycles. The lowest BCUT2D eigenvalue weighted by atomic mass is 9.53. The zero-order chi connectivity index (χ0) is 16.6. The number of hydrogen-bond acceptors (Lipinski definition) is 1. The van der Waals surface area contributed by atoms with Crippen molar-refractivity contribution in [2.75, 3.05) is 0 Å². The van der Waals surface area contributed by atoms with Crippen LogP contribution >= 0.6 is 0 Å². The molecule has 1 nitrogen and oxygen atoms in total. The second-order valence-corrected chi connectivity index (χ2v) is 9.19. The van der Waals surface area contributed by atoms with Crippen LogP contribution in [0.5, 0.6) is 0 Å². The molecule has 0 spiro atoms. The number of nitrogens with one attached hydrogen (secondary N) is 1. The topological polar surface area (TPSA) is 12.0 Å². The van der Waals surface area contributed by atoms with Crippen molar-refractivity contribution in [1.82, 2.24) is 5.32 Å². The van der Waals surface area contributed by atoms with Gasteiger partial charge >= 0.3 is 0 Å². The molecule has 5 rings (SSSR count). The first-order valence-electron chi connectivity index (χ1n) is 10.5. The summed E-state index contributed by atoms with van der Waals surface area (Å²) in [6.07, 6.45) is 12.8. The van der Waals surface area contributed by atoms with E-state index in [9.17, 15) is 0 Å². The molecule has 0 heterocycles. The van der Waals surface area contributed by atoms with Gasteiger partial charge in [-0.3, -0.25) is 0 Å². The van der Waals surface area contributed by atoms with Crippen LogP contribution < -0.4 is 5.32 Å². The maximum Gasteiger partial charge on any atom is 0.0210 e. The van der Waals surface area contributed by atoms with Gasteiger partial charge in [0.05, 0.1) is 0 Å². The van der Waals surface area contributed by atoms with Gasteiger partial charge in [-0.15, -0.1) is 0 Å². The summed E-state index contributed by atoms with van der Waals surface area (Å²) in [5.74, 6) is 3.85. The summed E-state index contributed by atoms with van der Waals surface area (Å²) in [4.78, 5) is 0. The van der Waals surface area contributed by atoms with Crippen molar-refractivity contribution in [2.24, 2.45) is 17.8 Å². The van der Waals surface area contributed by atoms with Crippen LogP contribution in [0.15, 0.2) is 24.3 Å². The average Bonchev–Trinajstić information content (AvgIpc) is 2.57. The van der Waals surface area contributed by atoms with E-state index in [1.54, 1.807) is 0 Å². The Morgan fingerprint density at radius 3 is 2.04 bits per heavy atom. The van der Waals surface area contributed by atoms with E-state index in [4.69, 9.17) is 0 Å².